The molecule has 0 bridgehead atoms. The van der Waals surface area contributed by atoms with Crippen LogP contribution >= 0.6 is 11.3 Å². The monoisotopic (exact) mass is 538 g/mol. The number of amides is 2. The van der Waals surface area contributed by atoms with Crippen molar-refractivity contribution in [3.63, 3.8) is 0 Å². The first-order valence-electron chi connectivity index (χ1n) is 12.6. The van der Waals surface area contributed by atoms with E-state index in [1.54, 1.807) is 34.7 Å². The number of pyridine rings is 2. The number of carbonyl (C=O) groups excluding carboxylic acids is 2. The minimum Gasteiger partial charge on any atom is -0.444 e. The average Bonchev–Trinajstić information content (AvgIpc) is 3.56. The summed E-state index contributed by atoms with van der Waals surface area (Å²) in [5.74, 6) is -0.0323. The van der Waals surface area contributed by atoms with Crippen LogP contribution in [0.2, 0.25) is 0 Å². The fraction of sp³-hybridized carbons (Fsp3) is 0.407. The molecule has 2 amide bonds. The maximum absolute atomic E-state index is 14.4. The number of aryl methyl sites for hydroxylation is 1. The van der Waals surface area contributed by atoms with E-state index >= 15 is 0 Å². The van der Waals surface area contributed by atoms with Crippen LogP contribution in [0, 0.1) is 12.7 Å². The van der Waals surface area contributed by atoms with Crippen LogP contribution in [0.1, 0.15) is 49.5 Å². The molecule has 0 aliphatic carbocycles. The Hall–Kier alpha value is -3.73. The molecule has 38 heavy (non-hydrogen) atoms. The van der Waals surface area contributed by atoms with E-state index in [9.17, 15) is 14.0 Å². The van der Waals surface area contributed by atoms with E-state index in [1.165, 1.54) is 17.4 Å². The van der Waals surface area contributed by atoms with E-state index in [1.807, 2.05) is 39.8 Å². The van der Waals surface area contributed by atoms with Crippen LogP contribution in [0.3, 0.4) is 0 Å². The van der Waals surface area contributed by atoms with Gasteiger partial charge in [0.2, 0.25) is 0 Å². The highest BCUT2D eigenvalue weighted by molar-refractivity contribution is 7.20. The molecule has 1 saturated heterocycles. The lowest BCUT2D eigenvalue weighted by molar-refractivity contribution is 0.0190. The van der Waals surface area contributed by atoms with Gasteiger partial charge < -0.3 is 24.3 Å². The molecule has 5 heterocycles. The lowest BCUT2D eigenvalue weighted by atomic mass is 10.2. The third-order valence-corrected chi connectivity index (χ3v) is 7.42. The molecule has 0 aromatic carbocycles. The first-order chi connectivity index (χ1) is 18.0. The highest BCUT2D eigenvalue weighted by Crippen LogP contribution is 2.30. The molecule has 1 fully saturated rings. The second kappa shape index (κ2) is 9.86. The molecule has 5 rings (SSSR count). The SMILES string of the molecule is CCN(C(=O)OC(C)(C)C)[C@H]1CCN(c2ccc3cc(C(=O)Nc4cc(F)c5nc(C)cn5c4)sc3n2)C1. The first kappa shape index (κ1) is 25.9. The minimum absolute atomic E-state index is 0.0361. The van der Waals surface area contributed by atoms with Crippen LogP contribution in [0.25, 0.3) is 15.9 Å². The molecule has 1 N–H and O–H groups in total. The van der Waals surface area contributed by atoms with Crippen LogP contribution in [-0.4, -0.2) is 62.5 Å². The number of aromatic nitrogens is 3. The van der Waals surface area contributed by atoms with E-state index in [0.717, 1.165) is 29.0 Å². The van der Waals surface area contributed by atoms with Crippen molar-refractivity contribution in [1.29, 1.82) is 0 Å². The first-order valence-corrected chi connectivity index (χ1v) is 13.4. The van der Waals surface area contributed by atoms with Crippen molar-refractivity contribution in [2.75, 3.05) is 29.9 Å². The molecule has 1 aliphatic heterocycles. The number of imidazole rings is 1. The highest BCUT2D eigenvalue weighted by Gasteiger charge is 2.33. The zero-order valence-corrected chi connectivity index (χ0v) is 22.9. The van der Waals surface area contributed by atoms with Crippen molar-refractivity contribution >= 4 is 50.7 Å². The van der Waals surface area contributed by atoms with Gasteiger partial charge in [0, 0.05) is 43.5 Å². The Kier molecular flexibility index (Phi) is 6.72. The lowest BCUT2D eigenvalue weighted by Crippen LogP contribution is -2.44. The molecular formula is C27H31FN6O3S. The number of nitrogens with zero attached hydrogens (tertiary/aromatic N) is 5. The number of hydrogen-bond acceptors (Lipinski definition) is 7. The van der Waals surface area contributed by atoms with Crippen molar-refractivity contribution in [2.45, 2.75) is 52.7 Å². The number of halogens is 1. The Morgan fingerprint density at radius 1 is 1.24 bits per heavy atom. The fourth-order valence-corrected chi connectivity index (χ4v) is 5.62. The number of likely N-dealkylation sites (N-methyl/N-ethyl adjacent to an activating group) is 1. The second-order valence-corrected chi connectivity index (χ2v) is 11.5. The van der Waals surface area contributed by atoms with Gasteiger partial charge in [0.25, 0.3) is 5.91 Å². The fourth-order valence-electron chi connectivity index (χ4n) is 4.70. The Labute approximate surface area is 224 Å². The van der Waals surface area contributed by atoms with Gasteiger partial charge in [-0.3, -0.25) is 4.79 Å². The Morgan fingerprint density at radius 2 is 2.03 bits per heavy atom. The Balaban J connectivity index is 1.29. The number of carbonyl (C=O) groups is 2. The van der Waals surface area contributed by atoms with Gasteiger partial charge in [0.05, 0.1) is 22.3 Å². The van der Waals surface area contributed by atoms with Crippen molar-refractivity contribution in [2.24, 2.45) is 0 Å². The Morgan fingerprint density at radius 3 is 2.76 bits per heavy atom. The number of thiophene rings is 1. The van der Waals surface area contributed by atoms with Gasteiger partial charge in [-0.15, -0.1) is 11.3 Å². The van der Waals surface area contributed by atoms with E-state index in [0.29, 0.717) is 29.3 Å². The number of ether oxygens (including phenoxy) is 1. The quantitative estimate of drug-likeness (QED) is 0.362. The van der Waals surface area contributed by atoms with Crippen molar-refractivity contribution in [3.05, 3.63) is 53.0 Å². The summed E-state index contributed by atoms with van der Waals surface area (Å²) < 4.78 is 21.6. The van der Waals surface area contributed by atoms with Crippen LogP contribution in [0.15, 0.2) is 36.7 Å². The lowest BCUT2D eigenvalue weighted by Gasteiger charge is -2.30. The third kappa shape index (κ3) is 5.28. The summed E-state index contributed by atoms with van der Waals surface area (Å²) in [7, 11) is 0. The third-order valence-electron chi connectivity index (χ3n) is 6.37. The molecule has 1 atom stereocenters. The van der Waals surface area contributed by atoms with Gasteiger partial charge in [-0.05, 0) is 59.2 Å². The van der Waals surface area contributed by atoms with Gasteiger partial charge in [-0.25, -0.2) is 19.2 Å². The number of hydrogen-bond donors (Lipinski definition) is 1. The molecule has 0 unspecified atom stereocenters. The van der Waals surface area contributed by atoms with Gasteiger partial charge in [-0.1, -0.05) is 0 Å². The standard InChI is InChI=1S/C27H31FN6O3S/c1-6-34(26(36)37-27(3,4)5)19-9-10-32(15-19)22-8-7-17-11-21(38-25(17)31-22)24(35)30-18-12-20(28)23-29-16(2)13-33(23)14-18/h7-8,11-14,19H,6,9-10,15H2,1-5H3,(H,30,35)/t19-/m0/s1. The highest BCUT2D eigenvalue weighted by atomic mass is 32.1. The molecule has 9 nitrogen and oxygen atoms in total. The second-order valence-electron chi connectivity index (χ2n) is 10.5. The molecule has 1 aliphatic rings. The van der Waals surface area contributed by atoms with Crippen molar-refractivity contribution < 1.29 is 18.7 Å². The number of nitrogens with one attached hydrogen (secondary N) is 1. The zero-order chi connectivity index (χ0) is 27.2. The van der Waals surface area contributed by atoms with E-state index < -0.39 is 11.4 Å². The van der Waals surface area contributed by atoms with Crippen molar-refractivity contribution in [3.8, 4) is 0 Å². The maximum Gasteiger partial charge on any atom is 0.410 e. The summed E-state index contributed by atoms with van der Waals surface area (Å²) in [5.41, 5.74) is 0.710. The van der Waals surface area contributed by atoms with Crippen LogP contribution in [0.4, 0.5) is 20.7 Å². The molecular weight excluding hydrogens is 507 g/mol. The van der Waals surface area contributed by atoms with Gasteiger partial charge in [0.15, 0.2) is 11.5 Å². The number of anilines is 2. The normalized spacial score (nSPS) is 15.8. The molecule has 0 saturated carbocycles. The van der Waals surface area contributed by atoms with Crippen LogP contribution in [-0.2, 0) is 4.74 Å². The van der Waals surface area contributed by atoms with Crippen LogP contribution in [0.5, 0.6) is 0 Å². The van der Waals surface area contributed by atoms with E-state index in [-0.39, 0.29) is 23.7 Å². The van der Waals surface area contributed by atoms with Crippen LogP contribution < -0.4 is 10.2 Å². The van der Waals surface area contributed by atoms with Gasteiger partial charge in [0.1, 0.15) is 16.2 Å². The van der Waals surface area contributed by atoms with Gasteiger partial charge in [-0.2, -0.15) is 0 Å². The van der Waals surface area contributed by atoms with E-state index in [4.69, 9.17) is 9.72 Å². The summed E-state index contributed by atoms with van der Waals surface area (Å²) in [6.45, 7) is 11.3. The summed E-state index contributed by atoms with van der Waals surface area (Å²) in [6, 6.07) is 6.98. The molecule has 4 aromatic rings. The topological polar surface area (TPSA) is 92.1 Å². The number of rotatable bonds is 5. The number of fused-ring (bicyclic) bond motifs is 2. The molecule has 200 valence electrons. The molecule has 0 radical (unpaired) electrons. The molecule has 0 spiro atoms. The summed E-state index contributed by atoms with van der Waals surface area (Å²) in [5, 5.41) is 3.63. The predicted molar refractivity (Wildman–Crippen MR) is 147 cm³/mol. The van der Waals surface area contributed by atoms with Gasteiger partial charge >= 0.3 is 6.09 Å². The summed E-state index contributed by atoms with van der Waals surface area (Å²) in [4.78, 5) is 39.7. The average molecular weight is 539 g/mol. The predicted octanol–water partition coefficient (Wildman–Crippen LogP) is 5.48. The Bertz CT molecular complexity index is 1520. The smallest absolute Gasteiger partial charge is 0.410 e. The molecule has 4 aromatic heterocycles. The summed E-state index contributed by atoms with van der Waals surface area (Å²) >= 11 is 1.29. The maximum atomic E-state index is 14.4. The zero-order valence-electron chi connectivity index (χ0n) is 22.1. The molecule has 11 heteroatoms. The van der Waals surface area contributed by atoms with E-state index in [2.05, 4.69) is 15.2 Å². The summed E-state index contributed by atoms with van der Waals surface area (Å²) in [6.07, 6.45) is 3.87. The minimum atomic E-state index is -0.544. The van der Waals surface area contributed by atoms with Crippen molar-refractivity contribution in [1.82, 2.24) is 19.3 Å². The largest absolute Gasteiger partial charge is 0.444 e.